The predicted molar refractivity (Wildman–Crippen MR) is 104 cm³/mol. The number of thioether (sulfide) groups is 1. The molecule has 0 saturated heterocycles. The number of halogens is 1. The van der Waals surface area contributed by atoms with Crippen molar-refractivity contribution in [3.05, 3.63) is 70.0 Å². The molecule has 0 fully saturated rings. The van der Waals surface area contributed by atoms with Crippen molar-refractivity contribution in [3.8, 4) is 5.75 Å². The summed E-state index contributed by atoms with van der Waals surface area (Å²) in [6.45, 7) is 4.32. The molecule has 1 aliphatic rings. The molecule has 26 heavy (non-hydrogen) atoms. The fourth-order valence-electron chi connectivity index (χ4n) is 2.61. The number of nitrogens with zero attached hydrogens (tertiary/aromatic N) is 4. The Kier molecular flexibility index (Phi) is 4.70. The van der Waals surface area contributed by atoms with Crippen LogP contribution in [0.15, 0.2) is 52.7 Å². The van der Waals surface area contributed by atoms with E-state index in [2.05, 4.69) is 41.4 Å². The van der Waals surface area contributed by atoms with Gasteiger partial charge in [0.2, 0.25) is 5.16 Å². The normalized spacial score (nSPS) is 13.3. The number of fused-ring (bicyclic) bond motifs is 1. The van der Waals surface area contributed by atoms with Gasteiger partial charge >= 0.3 is 0 Å². The molecule has 2 aromatic carbocycles. The Balaban J connectivity index is 1.58. The minimum atomic E-state index is 0.251. The summed E-state index contributed by atoms with van der Waals surface area (Å²) in [7, 11) is 0. The Morgan fingerprint density at radius 2 is 1.85 bits per heavy atom. The molecule has 4 rings (SSSR count). The lowest BCUT2D eigenvalue weighted by Gasteiger charge is -2.14. The van der Waals surface area contributed by atoms with Crippen LogP contribution < -0.4 is 4.74 Å². The van der Waals surface area contributed by atoms with Gasteiger partial charge in [0.15, 0.2) is 5.82 Å². The Morgan fingerprint density at radius 3 is 2.65 bits per heavy atom. The summed E-state index contributed by atoms with van der Waals surface area (Å²) in [4.78, 5) is 0. The van der Waals surface area contributed by atoms with E-state index in [4.69, 9.17) is 21.4 Å². The third-order valence-corrected chi connectivity index (χ3v) is 5.31. The molecule has 0 amide bonds. The van der Waals surface area contributed by atoms with Gasteiger partial charge in [0.1, 0.15) is 12.4 Å². The Bertz CT molecular complexity index is 982. The third kappa shape index (κ3) is 3.48. The maximum absolute atomic E-state index is 6.20. The minimum absolute atomic E-state index is 0.251. The van der Waals surface area contributed by atoms with Crippen LogP contribution in [-0.2, 0) is 6.61 Å². The molecular weight excluding hydrogens is 368 g/mol. The summed E-state index contributed by atoms with van der Waals surface area (Å²) in [6.07, 6.45) is 0. The van der Waals surface area contributed by atoms with Gasteiger partial charge in [0, 0.05) is 5.75 Å². The van der Waals surface area contributed by atoms with Crippen molar-refractivity contribution in [1.82, 2.24) is 14.9 Å². The van der Waals surface area contributed by atoms with E-state index in [9.17, 15) is 0 Å². The number of rotatable bonds is 4. The van der Waals surface area contributed by atoms with Crippen LogP contribution in [0.5, 0.6) is 5.75 Å². The first-order valence-electron chi connectivity index (χ1n) is 8.21. The van der Waals surface area contributed by atoms with E-state index < -0.39 is 0 Å². The Morgan fingerprint density at radius 1 is 1.08 bits per heavy atom. The SMILES string of the molecule is Cc1ccc(C2=Nn3c(COc4cc(C)ccc4Cl)nnc3SC2)cc1. The summed E-state index contributed by atoms with van der Waals surface area (Å²) in [5.74, 6) is 2.05. The molecule has 5 nitrogen and oxygen atoms in total. The molecule has 0 radical (unpaired) electrons. The van der Waals surface area contributed by atoms with E-state index in [-0.39, 0.29) is 6.61 Å². The van der Waals surface area contributed by atoms with Gasteiger partial charge in [-0.1, -0.05) is 59.3 Å². The van der Waals surface area contributed by atoms with Crippen LogP contribution in [0.25, 0.3) is 0 Å². The second kappa shape index (κ2) is 7.13. The molecule has 2 heterocycles. The molecule has 0 saturated carbocycles. The van der Waals surface area contributed by atoms with Crippen LogP contribution in [0.1, 0.15) is 22.5 Å². The smallest absolute Gasteiger partial charge is 0.212 e. The summed E-state index contributed by atoms with van der Waals surface area (Å²) < 4.78 is 7.61. The van der Waals surface area contributed by atoms with Crippen LogP contribution in [0.3, 0.4) is 0 Å². The fourth-order valence-corrected chi connectivity index (χ4v) is 3.64. The van der Waals surface area contributed by atoms with Crippen LogP contribution >= 0.6 is 23.4 Å². The van der Waals surface area contributed by atoms with Gasteiger partial charge in [0.05, 0.1) is 10.7 Å². The van der Waals surface area contributed by atoms with Gasteiger partial charge in [-0.25, -0.2) is 0 Å². The van der Waals surface area contributed by atoms with E-state index in [1.165, 1.54) is 5.56 Å². The highest BCUT2D eigenvalue weighted by Gasteiger charge is 2.20. The van der Waals surface area contributed by atoms with Crippen LogP contribution in [0, 0.1) is 13.8 Å². The molecule has 1 aliphatic heterocycles. The first-order valence-corrected chi connectivity index (χ1v) is 9.57. The standard InChI is InChI=1S/C19H17ClN4OS/c1-12-3-6-14(7-4-12)16-11-26-19-22-21-18(24(19)23-16)10-25-17-9-13(2)5-8-15(17)20/h3-9H,10-11H2,1-2H3. The number of hydrogen-bond donors (Lipinski definition) is 0. The Hall–Kier alpha value is -2.31. The van der Waals surface area contributed by atoms with Gasteiger partial charge in [-0.3, -0.25) is 0 Å². The summed E-state index contributed by atoms with van der Waals surface area (Å²) in [5, 5.41) is 14.5. The van der Waals surface area contributed by atoms with Gasteiger partial charge in [-0.15, -0.1) is 10.2 Å². The molecular formula is C19H17ClN4OS. The van der Waals surface area contributed by atoms with Crippen molar-refractivity contribution in [1.29, 1.82) is 0 Å². The number of aryl methyl sites for hydroxylation is 2. The highest BCUT2D eigenvalue weighted by Crippen LogP contribution is 2.28. The second-order valence-electron chi connectivity index (χ2n) is 6.13. The lowest BCUT2D eigenvalue weighted by atomic mass is 10.1. The number of ether oxygens (including phenoxy) is 1. The van der Waals surface area contributed by atoms with Crippen LogP contribution in [0.2, 0.25) is 5.02 Å². The van der Waals surface area contributed by atoms with Gasteiger partial charge in [-0.05, 0) is 37.1 Å². The molecule has 0 N–H and O–H groups in total. The lowest BCUT2D eigenvalue weighted by Crippen LogP contribution is -2.15. The minimum Gasteiger partial charge on any atom is -0.484 e. The first-order chi connectivity index (χ1) is 12.6. The number of hydrogen-bond acceptors (Lipinski definition) is 5. The highest BCUT2D eigenvalue weighted by atomic mass is 35.5. The van der Waals surface area contributed by atoms with Crippen molar-refractivity contribution in [3.63, 3.8) is 0 Å². The zero-order valence-electron chi connectivity index (χ0n) is 14.4. The van der Waals surface area contributed by atoms with Gasteiger partial charge in [-0.2, -0.15) is 9.78 Å². The van der Waals surface area contributed by atoms with Crippen LogP contribution in [-0.4, -0.2) is 26.3 Å². The monoisotopic (exact) mass is 384 g/mol. The maximum Gasteiger partial charge on any atom is 0.212 e. The lowest BCUT2D eigenvalue weighted by molar-refractivity contribution is 0.290. The second-order valence-corrected chi connectivity index (χ2v) is 7.48. The highest BCUT2D eigenvalue weighted by molar-refractivity contribution is 7.99. The van der Waals surface area contributed by atoms with Gasteiger partial charge < -0.3 is 4.74 Å². The maximum atomic E-state index is 6.20. The molecule has 0 bridgehead atoms. The molecule has 0 aliphatic carbocycles. The van der Waals surface area contributed by atoms with Crippen LogP contribution in [0.4, 0.5) is 0 Å². The predicted octanol–water partition coefficient (Wildman–Crippen LogP) is 4.49. The van der Waals surface area contributed by atoms with E-state index in [0.29, 0.717) is 16.6 Å². The van der Waals surface area contributed by atoms with E-state index >= 15 is 0 Å². The van der Waals surface area contributed by atoms with E-state index in [1.54, 1.807) is 16.4 Å². The number of aromatic nitrogens is 3. The molecule has 0 spiro atoms. The molecule has 7 heteroatoms. The molecule has 0 atom stereocenters. The average Bonchev–Trinajstić information content (AvgIpc) is 3.05. The molecule has 1 aromatic heterocycles. The zero-order valence-corrected chi connectivity index (χ0v) is 16.0. The largest absolute Gasteiger partial charge is 0.484 e. The van der Waals surface area contributed by atoms with E-state index in [1.807, 2.05) is 25.1 Å². The van der Waals surface area contributed by atoms with Crippen molar-refractivity contribution in [2.45, 2.75) is 25.6 Å². The summed E-state index contributed by atoms with van der Waals surface area (Å²) >= 11 is 7.82. The Labute approximate surface area is 161 Å². The summed E-state index contributed by atoms with van der Waals surface area (Å²) in [5.41, 5.74) is 4.42. The van der Waals surface area contributed by atoms with Crippen molar-refractivity contribution in [2.75, 3.05) is 5.75 Å². The summed E-state index contributed by atoms with van der Waals surface area (Å²) in [6, 6.07) is 14.0. The first kappa shape index (κ1) is 17.1. The average molecular weight is 385 g/mol. The quantitative estimate of drug-likeness (QED) is 0.665. The topological polar surface area (TPSA) is 52.3 Å². The zero-order chi connectivity index (χ0) is 18.1. The fraction of sp³-hybridized carbons (Fsp3) is 0.211. The van der Waals surface area contributed by atoms with Crippen molar-refractivity contribution in [2.24, 2.45) is 5.10 Å². The molecule has 132 valence electrons. The number of benzene rings is 2. The van der Waals surface area contributed by atoms with E-state index in [0.717, 1.165) is 27.7 Å². The third-order valence-electron chi connectivity index (χ3n) is 4.06. The van der Waals surface area contributed by atoms with Crippen molar-refractivity contribution >= 4 is 29.1 Å². The van der Waals surface area contributed by atoms with Gasteiger partial charge in [0.25, 0.3) is 0 Å². The molecule has 3 aromatic rings. The van der Waals surface area contributed by atoms with Crippen molar-refractivity contribution < 1.29 is 4.74 Å². The molecule has 0 unspecified atom stereocenters.